The van der Waals surface area contributed by atoms with Crippen LogP contribution in [0.2, 0.25) is 0 Å². The van der Waals surface area contributed by atoms with Gasteiger partial charge in [-0.15, -0.1) is 0 Å². The van der Waals surface area contributed by atoms with Crippen molar-refractivity contribution in [2.24, 2.45) is 0 Å². The molecular weight excluding hydrogens is 154 g/mol. The first-order chi connectivity index (χ1) is 5.86. The number of nitrogens with zero attached hydrogens (tertiary/aromatic N) is 2. The van der Waals surface area contributed by atoms with Gasteiger partial charge in [-0.25, -0.2) is 0 Å². The van der Waals surface area contributed by atoms with Crippen LogP contribution in [-0.2, 0) is 4.74 Å². The molecule has 1 unspecified atom stereocenters. The maximum absolute atomic E-state index is 5.59. The summed E-state index contributed by atoms with van der Waals surface area (Å²) in [6, 6.07) is 0. The van der Waals surface area contributed by atoms with Crippen molar-refractivity contribution in [2.75, 3.05) is 26.7 Å². The molecular formula is C8H13N3O. The van der Waals surface area contributed by atoms with E-state index in [1.54, 1.807) is 0 Å². The number of aromatic amines is 1. The van der Waals surface area contributed by atoms with E-state index in [0.717, 1.165) is 25.3 Å². The molecule has 1 atom stereocenters. The van der Waals surface area contributed by atoms with Crippen molar-refractivity contribution in [3.8, 4) is 0 Å². The Hall–Kier alpha value is -0.870. The Labute approximate surface area is 71.5 Å². The second-order valence-electron chi connectivity index (χ2n) is 3.15. The summed E-state index contributed by atoms with van der Waals surface area (Å²) in [6.07, 6.45) is 3.91. The third-order valence-electron chi connectivity index (χ3n) is 2.16. The van der Waals surface area contributed by atoms with Gasteiger partial charge >= 0.3 is 0 Å². The van der Waals surface area contributed by atoms with E-state index in [1.807, 2.05) is 12.4 Å². The van der Waals surface area contributed by atoms with Gasteiger partial charge in [0.05, 0.1) is 18.9 Å². The number of rotatable bonds is 1. The van der Waals surface area contributed by atoms with Crippen molar-refractivity contribution in [1.82, 2.24) is 15.1 Å². The summed E-state index contributed by atoms with van der Waals surface area (Å²) < 4.78 is 5.59. The normalized spacial score (nSPS) is 25.9. The zero-order chi connectivity index (χ0) is 8.39. The number of ether oxygens (including phenoxy) is 1. The van der Waals surface area contributed by atoms with Gasteiger partial charge < -0.3 is 9.64 Å². The fraction of sp³-hybridized carbons (Fsp3) is 0.625. The number of hydrogen-bond acceptors (Lipinski definition) is 3. The minimum atomic E-state index is 0.197. The van der Waals surface area contributed by atoms with E-state index in [0.29, 0.717) is 0 Å². The quantitative estimate of drug-likeness (QED) is 0.658. The van der Waals surface area contributed by atoms with Crippen LogP contribution in [0, 0.1) is 0 Å². The topological polar surface area (TPSA) is 41.1 Å². The Balaban J connectivity index is 2.04. The lowest BCUT2D eigenvalue weighted by atomic mass is 10.2. The van der Waals surface area contributed by atoms with Crippen molar-refractivity contribution < 1.29 is 4.74 Å². The van der Waals surface area contributed by atoms with Crippen molar-refractivity contribution in [3.05, 3.63) is 18.0 Å². The Kier molecular flexibility index (Phi) is 2.10. The van der Waals surface area contributed by atoms with Gasteiger partial charge in [-0.05, 0) is 7.05 Å². The molecule has 4 nitrogen and oxygen atoms in total. The molecule has 1 N–H and O–H groups in total. The van der Waals surface area contributed by atoms with Crippen LogP contribution in [0.5, 0.6) is 0 Å². The van der Waals surface area contributed by atoms with Crippen LogP contribution < -0.4 is 0 Å². The van der Waals surface area contributed by atoms with E-state index < -0.39 is 0 Å². The van der Waals surface area contributed by atoms with Crippen LogP contribution in [0.3, 0.4) is 0 Å². The molecule has 0 amide bonds. The molecule has 0 bridgehead atoms. The van der Waals surface area contributed by atoms with Crippen molar-refractivity contribution >= 4 is 0 Å². The average Bonchev–Trinajstić information content (AvgIpc) is 2.56. The molecule has 1 aliphatic heterocycles. The molecule has 2 rings (SSSR count). The summed E-state index contributed by atoms with van der Waals surface area (Å²) in [4.78, 5) is 2.27. The maximum atomic E-state index is 5.59. The number of nitrogens with one attached hydrogen (secondary N) is 1. The minimum Gasteiger partial charge on any atom is -0.371 e. The van der Waals surface area contributed by atoms with Crippen molar-refractivity contribution in [2.45, 2.75) is 6.10 Å². The number of likely N-dealkylation sites (N-methyl/N-ethyl adjacent to an activating group) is 1. The Morgan fingerprint density at radius 2 is 2.67 bits per heavy atom. The lowest BCUT2D eigenvalue weighted by Crippen LogP contribution is -2.35. The standard InChI is InChI=1S/C8H13N3O/c1-11-2-3-12-8(6-11)7-4-9-10-5-7/h4-5,8H,2-3,6H2,1H3,(H,9,10). The molecule has 1 fully saturated rings. The van der Waals surface area contributed by atoms with Crippen LogP contribution in [0.25, 0.3) is 0 Å². The van der Waals surface area contributed by atoms with E-state index in [1.165, 1.54) is 0 Å². The highest BCUT2D eigenvalue weighted by Gasteiger charge is 2.19. The third-order valence-corrected chi connectivity index (χ3v) is 2.16. The summed E-state index contributed by atoms with van der Waals surface area (Å²) >= 11 is 0. The highest BCUT2D eigenvalue weighted by molar-refractivity contribution is 5.08. The minimum absolute atomic E-state index is 0.197. The average molecular weight is 167 g/mol. The zero-order valence-electron chi connectivity index (χ0n) is 7.16. The molecule has 0 radical (unpaired) electrons. The smallest absolute Gasteiger partial charge is 0.0982 e. The molecule has 1 aliphatic rings. The lowest BCUT2D eigenvalue weighted by molar-refractivity contribution is -0.0208. The molecule has 1 aromatic rings. The van der Waals surface area contributed by atoms with Gasteiger partial charge in [-0.3, -0.25) is 5.10 Å². The monoisotopic (exact) mass is 167 g/mol. The zero-order valence-corrected chi connectivity index (χ0v) is 7.16. The Morgan fingerprint density at radius 1 is 1.75 bits per heavy atom. The van der Waals surface area contributed by atoms with Crippen molar-refractivity contribution in [3.63, 3.8) is 0 Å². The summed E-state index contributed by atoms with van der Waals surface area (Å²) in [5.41, 5.74) is 1.14. The molecule has 12 heavy (non-hydrogen) atoms. The summed E-state index contributed by atoms with van der Waals surface area (Å²) in [5.74, 6) is 0. The van der Waals surface area contributed by atoms with Crippen molar-refractivity contribution in [1.29, 1.82) is 0 Å². The van der Waals surface area contributed by atoms with Crippen LogP contribution in [0.15, 0.2) is 12.4 Å². The van der Waals surface area contributed by atoms with Gasteiger partial charge in [0.15, 0.2) is 0 Å². The van der Waals surface area contributed by atoms with Gasteiger partial charge in [-0.1, -0.05) is 0 Å². The number of hydrogen-bond donors (Lipinski definition) is 1. The molecule has 0 saturated carbocycles. The first-order valence-corrected chi connectivity index (χ1v) is 4.15. The molecule has 1 saturated heterocycles. The third kappa shape index (κ3) is 1.49. The second-order valence-corrected chi connectivity index (χ2v) is 3.15. The second kappa shape index (κ2) is 3.25. The van der Waals surface area contributed by atoms with E-state index >= 15 is 0 Å². The first-order valence-electron chi connectivity index (χ1n) is 4.15. The largest absolute Gasteiger partial charge is 0.371 e. The molecule has 0 aliphatic carbocycles. The fourth-order valence-corrected chi connectivity index (χ4v) is 1.42. The lowest BCUT2D eigenvalue weighted by Gasteiger charge is -2.29. The van der Waals surface area contributed by atoms with E-state index in [4.69, 9.17) is 4.74 Å². The van der Waals surface area contributed by atoms with Gasteiger partial charge in [0.2, 0.25) is 0 Å². The van der Waals surface area contributed by atoms with E-state index in [-0.39, 0.29) is 6.10 Å². The predicted molar refractivity (Wildman–Crippen MR) is 44.8 cm³/mol. The molecule has 0 aromatic carbocycles. The van der Waals surface area contributed by atoms with Gasteiger partial charge in [0.25, 0.3) is 0 Å². The molecule has 2 heterocycles. The molecule has 66 valence electrons. The van der Waals surface area contributed by atoms with Crippen LogP contribution in [-0.4, -0.2) is 41.8 Å². The maximum Gasteiger partial charge on any atom is 0.0982 e. The van der Waals surface area contributed by atoms with Crippen LogP contribution in [0.1, 0.15) is 11.7 Å². The number of H-pyrrole nitrogens is 1. The number of aromatic nitrogens is 2. The van der Waals surface area contributed by atoms with Gasteiger partial charge in [0.1, 0.15) is 0 Å². The highest BCUT2D eigenvalue weighted by atomic mass is 16.5. The molecule has 0 spiro atoms. The summed E-state index contributed by atoms with van der Waals surface area (Å²) in [7, 11) is 2.11. The predicted octanol–water partition coefficient (Wildman–Crippen LogP) is 0.413. The highest BCUT2D eigenvalue weighted by Crippen LogP contribution is 2.19. The molecule has 1 aromatic heterocycles. The molecule has 4 heteroatoms. The van der Waals surface area contributed by atoms with Gasteiger partial charge in [0, 0.05) is 24.8 Å². The van der Waals surface area contributed by atoms with Crippen LogP contribution in [0.4, 0.5) is 0 Å². The van der Waals surface area contributed by atoms with E-state index in [2.05, 4.69) is 22.1 Å². The van der Waals surface area contributed by atoms with E-state index in [9.17, 15) is 0 Å². The first kappa shape index (κ1) is 7.76. The Bertz CT molecular complexity index is 234. The summed E-state index contributed by atoms with van der Waals surface area (Å²) in [5, 5.41) is 6.69. The summed E-state index contributed by atoms with van der Waals surface area (Å²) in [6.45, 7) is 2.79. The SMILES string of the molecule is CN1CCOC(c2cn[nH]c2)C1. The van der Waals surface area contributed by atoms with Crippen LogP contribution >= 0.6 is 0 Å². The van der Waals surface area contributed by atoms with Gasteiger partial charge in [-0.2, -0.15) is 5.10 Å². The number of morpholine rings is 1. The fourth-order valence-electron chi connectivity index (χ4n) is 1.42. The Morgan fingerprint density at radius 3 is 3.33 bits per heavy atom.